The highest BCUT2D eigenvalue weighted by molar-refractivity contribution is 5.77. The molecule has 0 fully saturated rings. The van der Waals surface area contributed by atoms with Crippen LogP contribution in [0.25, 0.3) is 0 Å². The fourth-order valence-electron chi connectivity index (χ4n) is 1.57. The van der Waals surface area contributed by atoms with Crippen molar-refractivity contribution in [1.29, 1.82) is 5.26 Å². The lowest BCUT2D eigenvalue weighted by molar-refractivity contribution is -0.159. The molecular formula is C13H13F3N2O2. The van der Waals surface area contributed by atoms with Crippen LogP contribution in [0.1, 0.15) is 11.6 Å². The molecule has 0 radical (unpaired) electrons. The van der Waals surface area contributed by atoms with Crippen LogP contribution < -0.4 is 5.32 Å². The highest BCUT2D eigenvalue weighted by Gasteiger charge is 2.40. The molecular weight excluding hydrogens is 273 g/mol. The normalized spacial score (nSPS) is 14.2. The predicted octanol–water partition coefficient (Wildman–Crippen LogP) is 2.19. The minimum atomic E-state index is -4.64. The first-order valence-corrected chi connectivity index (χ1v) is 5.72. The third-order valence-corrected chi connectivity index (χ3v) is 2.65. The van der Waals surface area contributed by atoms with E-state index in [4.69, 9.17) is 5.26 Å². The lowest BCUT2D eigenvalue weighted by atomic mass is 10.1. The zero-order chi connectivity index (χ0) is 15.2. The van der Waals surface area contributed by atoms with Crippen molar-refractivity contribution in [2.24, 2.45) is 5.92 Å². The van der Waals surface area contributed by atoms with Crippen LogP contribution in [0, 0.1) is 17.2 Å². The van der Waals surface area contributed by atoms with Crippen molar-refractivity contribution in [3.8, 4) is 6.07 Å². The number of hydrogen-bond donors (Lipinski definition) is 1. The van der Waals surface area contributed by atoms with E-state index < -0.39 is 30.7 Å². The number of benzene rings is 1. The maximum absolute atomic E-state index is 12.5. The number of carbonyl (C=O) groups is 1. The summed E-state index contributed by atoms with van der Waals surface area (Å²) in [6.45, 7) is -0.686. The van der Waals surface area contributed by atoms with Gasteiger partial charge >= 0.3 is 12.1 Å². The maximum Gasteiger partial charge on any atom is 0.405 e. The molecule has 108 valence electrons. The van der Waals surface area contributed by atoms with Crippen LogP contribution in [-0.4, -0.2) is 25.8 Å². The largest absolute Gasteiger partial charge is 0.468 e. The molecule has 1 aromatic carbocycles. The van der Waals surface area contributed by atoms with E-state index in [0.717, 1.165) is 7.11 Å². The molecule has 2 unspecified atom stereocenters. The van der Waals surface area contributed by atoms with E-state index in [1.165, 1.54) is 6.07 Å². The summed E-state index contributed by atoms with van der Waals surface area (Å²) >= 11 is 0. The van der Waals surface area contributed by atoms with Crippen molar-refractivity contribution in [1.82, 2.24) is 5.32 Å². The number of halogens is 3. The number of nitrogens with zero attached hydrogens (tertiary/aromatic N) is 1. The van der Waals surface area contributed by atoms with Gasteiger partial charge in [0.15, 0.2) is 5.92 Å². The van der Waals surface area contributed by atoms with E-state index in [1.807, 2.05) is 0 Å². The summed E-state index contributed by atoms with van der Waals surface area (Å²) in [6.07, 6.45) is -4.64. The van der Waals surface area contributed by atoms with Crippen molar-refractivity contribution in [3.63, 3.8) is 0 Å². The standard InChI is InChI=1S/C13H13F3N2O2/c1-20-12(19)11(9-5-3-2-4-6-9)18-8-10(7-17)13(14,15)16/h2-6,10-11,18H,8H2,1H3. The van der Waals surface area contributed by atoms with E-state index in [1.54, 1.807) is 30.3 Å². The maximum atomic E-state index is 12.5. The summed E-state index contributed by atoms with van der Waals surface area (Å²) in [5.74, 6) is -2.89. The molecule has 1 aromatic rings. The molecule has 0 aliphatic rings. The average molecular weight is 286 g/mol. The summed E-state index contributed by atoms with van der Waals surface area (Å²) in [5.41, 5.74) is 0.471. The second kappa shape index (κ2) is 6.91. The fourth-order valence-corrected chi connectivity index (χ4v) is 1.57. The van der Waals surface area contributed by atoms with Gasteiger partial charge in [0.05, 0.1) is 13.2 Å². The van der Waals surface area contributed by atoms with Crippen LogP contribution in [0.5, 0.6) is 0 Å². The van der Waals surface area contributed by atoms with E-state index >= 15 is 0 Å². The van der Waals surface area contributed by atoms with E-state index in [9.17, 15) is 18.0 Å². The fraction of sp³-hybridized carbons (Fsp3) is 0.385. The minimum absolute atomic E-state index is 0.471. The molecule has 0 aromatic heterocycles. The Bertz CT molecular complexity index is 483. The number of methoxy groups -OCH3 is 1. The van der Waals surface area contributed by atoms with Crippen LogP contribution in [-0.2, 0) is 9.53 Å². The summed E-state index contributed by atoms with van der Waals surface area (Å²) in [7, 11) is 1.14. The van der Waals surface area contributed by atoms with Crippen LogP contribution >= 0.6 is 0 Å². The quantitative estimate of drug-likeness (QED) is 0.843. The van der Waals surface area contributed by atoms with Crippen LogP contribution in [0.15, 0.2) is 30.3 Å². The number of esters is 1. The molecule has 0 spiro atoms. The first kappa shape index (κ1) is 16.0. The Hall–Kier alpha value is -2.07. The van der Waals surface area contributed by atoms with Gasteiger partial charge in [-0.25, -0.2) is 4.79 Å². The Balaban J connectivity index is 2.83. The van der Waals surface area contributed by atoms with Gasteiger partial charge in [-0.05, 0) is 5.56 Å². The Morgan fingerprint density at radius 2 is 2.00 bits per heavy atom. The molecule has 4 nitrogen and oxygen atoms in total. The van der Waals surface area contributed by atoms with Crippen molar-refractivity contribution < 1.29 is 22.7 Å². The number of nitriles is 1. The molecule has 1 rings (SSSR count). The number of ether oxygens (including phenoxy) is 1. The number of nitrogens with one attached hydrogen (secondary N) is 1. The van der Waals surface area contributed by atoms with Crippen LogP contribution in [0.2, 0.25) is 0 Å². The average Bonchev–Trinajstić information content (AvgIpc) is 2.42. The molecule has 0 heterocycles. The van der Waals surface area contributed by atoms with Crippen LogP contribution in [0.3, 0.4) is 0 Å². The summed E-state index contributed by atoms with van der Waals surface area (Å²) in [6, 6.07) is 8.31. The van der Waals surface area contributed by atoms with Crippen LogP contribution in [0.4, 0.5) is 13.2 Å². The van der Waals surface area contributed by atoms with Gasteiger partial charge in [0.2, 0.25) is 0 Å². The molecule has 1 N–H and O–H groups in total. The molecule has 0 amide bonds. The molecule has 7 heteroatoms. The SMILES string of the molecule is COC(=O)C(NCC(C#N)C(F)(F)F)c1ccccc1. The van der Waals surface area contributed by atoms with Crippen molar-refractivity contribution in [2.45, 2.75) is 12.2 Å². The topological polar surface area (TPSA) is 62.1 Å². The lowest BCUT2D eigenvalue weighted by Gasteiger charge is -2.20. The van der Waals surface area contributed by atoms with E-state index in [-0.39, 0.29) is 0 Å². The van der Waals surface area contributed by atoms with E-state index in [0.29, 0.717) is 5.56 Å². The molecule has 0 aliphatic carbocycles. The van der Waals surface area contributed by atoms with E-state index in [2.05, 4.69) is 10.1 Å². The first-order chi connectivity index (χ1) is 9.40. The van der Waals surface area contributed by atoms with Gasteiger partial charge in [0.25, 0.3) is 0 Å². The second-order valence-electron chi connectivity index (χ2n) is 4.00. The van der Waals surface area contributed by atoms with Gasteiger partial charge in [-0.3, -0.25) is 5.32 Å². The molecule has 0 aliphatic heterocycles. The monoisotopic (exact) mass is 286 g/mol. The lowest BCUT2D eigenvalue weighted by Crippen LogP contribution is -2.37. The number of rotatable bonds is 5. The summed E-state index contributed by atoms with van der Waals surface area (Å²) in [5, 5.41) is 10.9. The van der Waals surface area contributed by atoms with Crippen molar-refractivity contribution >= 4 is 5.97 Å². The predicted molar refractivity (Wildman–Crippen MR) is 64.4 cm³/mol. The van der Waals surface area contributed by atoms with Gasteiger partial charge < -0.3 is 4.74 Å². The molecule has 0 bridgehead atoms. The number of carbonyl (C=O) groups excluding carboxylic acids is 1. The van der Waals surface area contributed by atoms with Gasteiger partial charge in [-0.2, -0.15) is 18.4 Å². The van der Waals surface area contributed by atoms with Crippen molar-refractivity contribution in [3.05, 3.63) is 35.9 Å². The molecule has 20 heavy (non-hydrogen) atoms. The van der Waals surface area contributed by atoms with Gasteiger partial charge in [0, 0.05) is 6.54 Å². The Morgan fingerprint density at radius 1 is 1.40 bits per heavy atom. The number of alkyl halides is 3. The summed E-state index contributed by atoms with van der Waals surface area (Å²) < 4.78 is 42.0. The smallest absolute Gasteiger partial charge is 0.405 e. The minimum Gasteiger partial charge on any atom is -0.468 e. The van der Waals surface area contributed by atoms with Gasteiger partial charge in [-0.15, -0.1) is 0 Å². The van der Waals surface area contributed by atoms with Gasteiger partial charge in [0.1, 0.15) is 6.04 Å². The molecule has 0 saturated heterocycles. The molecule has 0 saturated carbocycles. The third-order valence-electron chi connectivity index (χ3n) is 2.65. The van der Waals surface area contributed by atoms with Gasteiger partial charge in [-0.1, -0.05) is 30.3 Å². The zero-order valence-corrected chi connectivity index (χ0v) is 10.6. The Labute approximate surface area is 114 Å². The van der Waals surface area contributed by atoms with Crippen molar-refractivity contribution in [2.75, 3.05) is 13.7 Å². The zero-order valence-electron chi connectivity index (χ0n) is 10.6. The first-order valence-electron chi connectivity index (χ1n) is 5.72. The number of hydrogen-bond acceptors (Lipinski definition) is 4. The molecule has 2 atom stereocenters. The highest BCUT2D eigenvalue weighted by atomic mass is 19.4. The highest BCUT2D eigenvalue weighted by Crippen LogP contribution is 2.26. The third kappa shape index (κ3) is 4.24. The Morgan fingerprint density at radius 3 is 2.45 bits per heavy atom. The second-order valence-corrected chi connectivity index (χ2v) is 4.00. The summed E-state index contributed by atoms with van der Waals surface area (Å²) in [4.78, 5) is 11.6. The Kier molecular flexibility index (Phi) is 5.53.